The molecule has 0 saturated carbocycles. The van der Waals surface area contributed by atoms with Crippen molar-refractivity contribution in [2.75, 3.05) is 20.1 Å². The third-order valence-electron chi connectivity index (χ3n) is 6.38. The molecule has 102 valence electrons. The van der Waals surface area contributed by atoms with Crippen molar-refractivity contribution in [2.45, 2.75) is 70.8 Å². The van der Waals surface area contributed by atoms with E-state index in [9.17, 15) is 0 Å². The van der Waals surface area contributed by atoms with Crippen LogP contribution in [0.25, 0.3) is 0 Å². The first-order valence-corrected chi connectivity index (χ1v) is 8.15. The van der Waals surface area contributed by atoms with E-state index < -0.39 is 0 Å². The molecule has 1 aliphatic carbocycles. The van der Waals surface area contributed by atoms with Gasteiger partial charge >= 0.3 is 0 Å². The lowest BCUT2D eigenvalue weighted by atomic mass is 9.73. The predicted octanol–water partition coefficient (Wildman–Crippen LogP) is 4.29. The van der Waals surface area contributed by atoms with Gasteiger partial charge in [0.05, 0.1) is 20.1 Å². The first-order chi connectivity index (χ1) is 8.59. The Morgan fingerprint density at radius 1 is 1.22 bits per heavy atom. The molecule has 0 spiro atoms. The molecule has 0 amide bonds. The van der Waals surface area contributed by atoms with E-state index in [0.29, 0.717) is 5.54 Å². The highest BCUT2D eigenvalue weighted by molar-refractivity contribution is 5.29. The maximum Gasteiger partial charge on any atom is 0.118 e. The Bertz CT molecular complexity index is 370. The fourth-order valence-electron chi connectivity index (χ4n) is 5.28. The molecule has 0 bridgehead atoms. The normalized spacial score (nSPS) is 43.8. The van der Waals surface area contributed by atoms with Gasteiger partial charge in [0, 0.05) is 18.8 Å². The Kier molecular flexibility index (Phi) is 3.09. The molecule has 1 fully saturated rings. The molecule has 3 unspecified atom stereocenters. The smallest absolute Gasteiger partial charge is 0.118 e. The molecule has 2 aliphatic heterocycles. The Balaban J connectivity index is 1.94. The van der Waals surface area contributed by atoms with Gasteiger partial charge in [-0.25, -0.2) is 0 Å². The van der Waals surface area contributed by atoms with Gasteiger partial charge in [-0.2, -0.15) is 0 Å². The highest BCUT2D eigenvalue weighted by Crippen LogP contribution is 2.52. The van der Waals surface area contributed by atoms with Gasteiger partial charge in [0.1, 0.15) is 5.54 Å². The van der Waals surface area contributed by atoms with Crippen LogP contribution in [0.15, 0.2) is 11.1 Å². The SMILES string of the molecule is CCCC1CC2(C)C3=C(CCCC3)CC[N+]2(C)C1. The monoisotopic (exact) mass is 248 g/mol. The van der Waals surface area contributed by atoms with Crippen LogP contribution in [-0.2, 0) is 0 Å². The number of likely N-dealkylation sites (N-methyl/N-ethyl adjacent to an activating group) is 1. The van der Waals surface area contributed by atoms with Crippen LogP contribution in [0.1, 0.15) is 65.2 Å². The summed E-state index contributed by atoms with van der Waals surface area (Å²) in [6, 6.07) is 0. The summed E-state index contributed by atoms with van der Waals surface area (Å²) in [5.41, 5.74) is 4.28. The van der Waals surface area contributed by atoms with Gasteiger partial charge < -0.3 is 4.48 Å². The topological polar surface area (TPSA) is 0 Å². The van der Waals surface area contributed by atoms with Gasteiger partial charge in [0.25, 0.3) is 0 Å². The molecular formula is C17H30N+. The standard InChI is InChI=1S/C17H30N/c1-4-7-14-12-17(2)16-9-6-5-8-15(16)10-11-18(17,3)13-14/h14H,4-13H2,1-3H3/q+1. The number of nitrogens with zero attached hydrogens (tertiary/aromatic N) is 1. The van der Waals surface area contributed by atoms with E-state index in [1.165, 1.54) is 68.9 Å². The summed E-state index contributed by atoms with van der Waals surface area (Å²) in [4.78, 5) is 0. The second-order valence-electron chi connectivity index (χ2n) is 7.47. The van der Waals surface area contributed by atoms with Gasteiger partial charge in [-0.3, -0.25) is 0 Å². The van der Waals surface area contributed by atoms with E-state index in [2.05, 4.69) is 20.9 Å². The Morgan fingerprint density at radius 2 is 2.00 bits per heavy atom. The lowest BCUT2D eigenvalue weighted by molar-refractivity contribution is -0.942. The van der Waals surface area contributed by atoms with Crippen LogP contribution in [-0.4, -0.2) is 30.2 Å². The van der Waals surface area contributed by atoms with E-state index in [1.54, 1.807) is 0 Å². The van der Waals surface area contributed by atoms with Crippen molar-refractivity contribution in [3.63, 3.8) is 0 Å². The largest absolute Gasteiger partial charge is 0.317 e. The number of hydrogen-bond donors (Lipinski definition) is 0. The number of rotatable bonds is 2. The molecule has 0 aromatic rings. The average molecular weight is 248 g/mol. The quantitative estimate of drug-likeness (QED) is 0.505. The van der Waals surface area contributed by atoms with E-state index in [-0.39, 0.29) is 0 Å². The summed E-state index contributed by atoms with van der Waals surface area (Å²) in [6.07, 6.45) is 11.4. The van der Waals surface area contributed by atoms with Crippen LogP contribution in [0.3, 0.4) is 0 Å². The zero-order valence-electron chi connectivity index (χ0n) is 12.6. The molecule has 0 N–H and O–H groups in total. The van der Waals surface area contributed by atoms with Crippen LogP contribution < -0.4 is 0 Å². The molecule has 2 heterocycles. The highest BCUT2D eigenvalue weighted by atomic mass is 15.4. The molecule has 0 aromatic carbocycles. The van der Waals surface area contributed by atoms with E-state index in [4.69, 9.17) is 0 Å². The van der Waals surface area contributed by atoms with Crippen molar-refractivity contribution >= 4 is 0 Å². The minimum atomic E-state index is 0.508. The van der Waals surface area contributed by atoms with E-state index in [0.717, 1.165) is 5.92 Å². The third kappa shape index (κ3) is 1.70. The fraction of sp³-hybridized carbons (Fsp3) is 0.882. The van der Waals surface area contributed by atoms with Crippen molar-refractivity contribution in [2.24, 2.45) is 5.92 Å². The minimum Gasteiger partial charge on any atom is -0.317 e. The first kappa shape index (κ1) is 12.7. The lowest BCUT2D eigenvalue weighted by Crippen LogP contribution is -2.60. The van der Waals surface area contributed by atoms with Crippen molar-refractivity contribution in [1.29, 1.82) is 0 Å². The molecule has 0 aromatic heterocycles. The van der Waals surface area contributed by atoms with Crippen molar-refractivity contribution in [3.8, 4) is 0 Å². The van der Waals surface area contributed by atoms with Crippen molar-refractivity contribution in [1.82, 2.24) is 0 Å². The van der Waals surface area contributed by atoms with Gasteiger partial charge in [0.15, 0.2) is 0 Å². The number of hydrogen-bond acceptors (Lipinski definition) is 0. The van der Waals surface area contributed by atoms with Crippen LogP contribution >= 0.6 is 0 Å². The number of fused-ring (bicyclic) bond motifs is 2. The minimum absolute atomic E-state index is 0.508. The van der Waals surface area contributed by atoms with Crippen LogP contribution in [0.2, 0.25) is 0 Å². The Labute approximate surface area is 113 Å². The van der Waals surface area contributed by atoms with Crippen LogP contribution in [0.5, 0.6) is 0 Å². The van der Waals surface area contributed by atoms with E-state index in [1.807, 2.05) is 11.1 Å². The van der Waals surface area contributed by atoms with Crippen molar-refractivity contribution in [3.05, 3.63) is 11.1 Å². The zero-order valence-corrected chi connectivity index (χ0v) is 12.6. The molecule has 18 heavy (non-hydrogen) atoms. The Morgan fingerprint density at radius 3 is 2.78 bits per heavy atom. The van der Waals surface area contributed by atoms with Gasteiger partial charge in [0.2, 0.25) is 0 Å². The number of quaternary nitrogens is 1. The summed E-state index contributed by atoms with van der Waals surface area (Å²) in [7, 11) is 2.55. The molecule has 3 aliphatic rings. The summed E-state index contributed by atoms with van der Waals surface area (Å²) in [5, 5.41) is 0. The molecular weight excluding hydrogens is 218 g/mol. The van der Waals surface area contributed by atoms with Crippen LogP contribution in [0.4, 0.5) is 0 Å². The average Bonchev–Trinajstić information content (AvgIpc) is 2.62. The summed E-state index contributed by atoms with van der Waals surface area (Å²) in [5.74, 6) is 0.985. The predicted molar refractivity (Wildman–Crippen MR) is 77.4 cm³/mol. The zero-order chi connectivity index (χ0) is 12.8. The van der Waals surface area contributed by atoms with Gasteiger partial charge in [-0.1, -0.05) is 18.9 Å². The first-order valence-electron chi connectivity index (χ1n) is 8.15. The maximum absolute atomic E-state index is 2.60. The van der Waals surface area contributed by atoms with Gasteiger partial charge in [-0.15, -0.1) is 0 Å². The molecule has 1 saturated heterocycles. The van der Waals surface area contributed by atoms with E-state index >= 15 is 0 Å². The third-order valence-corrected chi connectivity index (χ3v) is 6.38. The maximum atomic E-state index is 2.60. The second-order valence-corrected chi connectivity index (χ2v) is 7.47. The summed E-state index contributed by atoms with van der Waals surface area (Å²) >= 11 is 0. The van der Waals surface area contributed by atoms with Crippen LogP contribution in [0, 0.1) is 5.92 Å². The molecule has 0 radical (unpaired) electrons. The second kappa shape index (κ2) is 4.37. The van der Waals surface area contributed by atoms with Crippen molar-refractivity contribution < 1.29 is 4.48 Å². The Hall–Kier alpha value is -0.300. The summed E-state index contributed by atoms with van der Waals surface area (Å²) in [6.45, 7) is 7.81. The molecule has 1 heteroatoms. The molecule has 3 atom stereocenters. The highest BCUT2D eigenvalue weighted by Gasteiger charge is 2.56. The fourth-order valence-corrected chi connectivity index (χ4v) is 5.28. The van der Waals surface area contributed by atoms with Gasteiger partial charge in [-0.05, 0) is 44.6 Å². The molecule has 3 rings (SSSR count). The summed E-state index contributed by atoms with van der Waals surface area (Å²) < 4.78 is 1.36. The molecule has 1 nitrogen and oxygen atoms in total. The lowest BCUT2D eigenvalue weighted by Gasteiger charge is -2.51.